The fourth-order valence-electron chi connectivity index (χ4n) is 3.30. The number of hydrogen-bond acceptors (Lipinski definition) is 10. The summed E-state index contributed by atoms with van der Waals surface area (Å²) in [6.45, 7) is 0. The Hall–Kier alpha value is -1.90. The van der Waals surface area contributed by atoms with E-state index in [-0.39, 0.29) is 41.0 Å². The number of benzene rings is 1. The quantitative estimate of drug-likeness (QED) is 0.223. The molecule has 32 heavy (non-hydrogen) atoms. The molecule has 4 rings (SSSR count). The number of carbonyl (C=O) groups excluding carboxylic acids is 3. The second kappa shape index (κ2) is 10.4. The van der Waals surface area contributed by atoms with Crippen LogP contribution in [0.15, 0.2) is 46.8 Å². The molecule has 0 aliphatic carbocycles. The monoisotopic (exact) mass is 484 g/mol. The number of carboxylic acid groups (broad SMARTS) is 1. The third-order valence-corrected chi connectivity index (χ3v) is 7.30. The van der Waals surface area contributed by atoms with Gasteiger partial charge in [-0.25, -0.2) is 4.68 Å². The number of rotatable bonds is 7. The summed E-state index contributed by atoms with van der Waals surface area (Å²) in [7, 11) is 1.66. The van der Waals surface area contributed by atoms with Gasteiger partial charge in [0.05, 0.1) is 11.7 Å². The number of aromatic nitrogens is 4. The Morgan fingerprint density at radius 3 is 2.72 bits per heavy atom. The van der Waals surface area contributed by atoms with Crippen LogP contribution in [0.2, 0.25) is 0 Å². The zero-order valence-corrected chi connectivity index (χ0v) is 20.8. The zero-order chi connectivity index (χ0) is 22.1. The van der Waals surface area contributed by atoms with Gasteiger partial charge in [0.1, 0.15) is 11.4 Å². The van der Waals surface area contributed by atoms with E-state index >= 15 is 0 Å². The minimum absolute atomic E-state index is 0. The van der Waals surface area contributed by atoms with Crippen molar-refractivity contribution >= 4 is 41.3 Å². The van der Waals surface area contributed by atoms with Crippen LogP contribution in [0, 0.1) is 0 Å². The van der Waals surface area contributed by atoms with Gasteiger partial charge in [0, 0.05) is 18.6 Å². The van der Waals surface area contributed by atoms with Crippen LogP contribution in [0.25, 0.3) is 0 Å². The van der Waals surface area contributed by atoms with Crippen LogP contribution in [0.5, 0.6) is 0 Å². The van der Waals surface area contributed by atoms with Gasteiger partial charge in [-0.2, -0.15) is 0 Å². The van der Waals surface area contributed by atoms with Crippen molar-refractivity contribution in [2.75, 3.05) is 11.5 Å². The molecule has 14 heteroatoms. The van der Waals surface area contributed by atoms with Gasteiger partial charge in [-0.05, 0) is 21.6 Å². The fourth-order valence-corrected chi connectivity index (χ4v) is 5.63. The number of thioether (sulfide) groups is 2. The number of β-lactam (4-membered cyclic amide) rings is 1. The van der Waals surface area contributed by atoms with Gasteiger partial charge in [0.25, 0.3) is 11.8 Å². The molecule has 1 aromatic carbocycles. The molecule has 3 atom stereocenters. The van der Waals surface area contributed by atoms with Crippen LogP contribution < -0.4 is 40.0 Å². The van der Waals surface area contributed by atoms with Crippen LogP contribution in [-0.2, 0) is 21.4 Å². The Kier molecular flexibility index (Phi) is 8.01. The number of carbonyl (C=O) groups is 3. The predicted octanol–water partition coefficient (Wildman–Crippen LogP) is -4.56. The van der Waals surface area contributed by atoms with Gasteiger partial charge in [0.2, 0.25) is 5.16 Å². The minimum atomic E-state index is -1.46. The summed E-state index contributed by atoms with van der Waals surface area (Å²) in [4.78, 5) is 38.0. The van der Waals surface area contributed by atoms with Crippen LogP contribution in [0.4, 0.5) is 0 Å². The Bertz CT molecular complexity index is 1070. The van der Waals surface area contributed by atoms with E-state index in [4.69, 9.17) is 0 Å². The molecule has 1 saturated heterocycles. The third-order valence-electron chi connectivity index (χ3n) is 4.86. The Balaban J connectivity index is 0.00000289. The Labute approximate surface area is 213 Å². The van der Waals surface area contributed by atoms with E-state index in [9.17, 15) is 24.6 Å². The number of tetrazole rings is 1. The molecule has 2 aliphatic rings. The molecule has 162 valence electrons. The molecule has 2 aliphatic heterocycles. The van der Waals surface area contributed by atoms with Gasteiger partial charge in [0.15, 0.2) is 6.10 Å². The van der Waals surface area contributed by atoms with Crippen LogP contribution in [-0.4, -0.2) is 70.9 Å². The number of nitrogens with zero attached hydrogens (tertiary/aromatic N) is 5. The maximum absolute atomic E-state index is 12.7. The van der Waals surface area contributed by atoms with Crippen molar-refractivity contribution in [1.82, 2.24) is 30.4 Å². The van der Waals surface area contributed by atoms with Gasteiger partial charge in [-0.1, -0.05) is 42.1 Å². The molecular formula is C18H17N6NaO5S2. The van der Waals surface area contributed by atoms with Crippen LogP contribution in [0.1, 0.15) is 11.7 Å². The van der Waals surface area contributed by atoms with E-state index in [1.807, 2.05) is 0 Å². The molecule has 2 amide bonds. The topological polar surface area (TPSA) is 153 Å². The number of nitrogens with one attached hydrogen (secondary N) is 1. The molecule has 0 unspecified atom stereocenters. The van der Waals surface area contributed by atoms with Crippen molar-refractivity contribution in [3.63, 3.8) is 0 Å². The first kappa shape index (κ1) is 24.7. The number of fused-ring (bicyclic) bond motifs is 1. The van der Waals surface area contributed by atoms with Crippen molar-refractivity contribution in [2.24, 2.45) is 7.05 Å². The summed E-state index contributed by atoms with van der Waals surface area (Å²) < 4.78 is 1.46. The van der Waals surface area contributed by atoms with Gasteiger partial charge in [-0.15, -0.1) is 16.9 Å². The second-order valence-corrected chi connectivity index (χ2v) is 8.87. The molecular weight excluding hydrogens is 467 g/mol. The maximum atomic E-state index is 12.7. The first-order chi connectivity index (χ1) is 14.9. The second-order valence-electron chi connectivity index (χ2n) is 6.82. The summed E-state index contributed by atoms with van der Waals surface area (Å²) in [5, 5.41) is 35.6. The van der Waals surface area contributed by atoms with Gasteiger partial charge in [-0.3, -0.25) is 14.5 Å². The molecule has 1 fully saturated rings. The van der Waals surface area contributed by atoms with Crippen molar-refractivity contribution in [2.45, 2.75) is 22.7 Å². The van der Waals surface area contributed by atoms with Crippen LogP contribution >= 0.6 is 23.5 Å². The summed E-state index contributed by atoms with van der Waals surface area (Å²) in [6, 6.07) is 7.40. The molecule has 0 saturated carbocycles. The fraction of sp³-hybridized carbons (Fsp3) is 0.333. The van der Waals surface area contributed by atoms with Gasteiger partial charge < -0.3 is 20.3 Å². The van der Waals surface area contributed by atoms with Crippen molar-refractivity contribution in [3.05, 3.63) is 47.2 Å². The molecule has 0 bridgehead atoms. The van der Waals surface area contributed by atoms with E-state index < -0.39 is 35.3 Å². The zero-order valence-electron chi connectivity index (χ0n) is 17.2. The van der Waals surface area contributed by atoms with Gasteiger partial charge >= 0.3 is 29.6 Å². The average molecular weight is 484 g/mol. The molecule has 2 aromatic rings. The van der Waals surface area contributed by atoms with Crippen molar-refractivity contribution in [1.29, 1.82) is 0 Å². The number of amides is 2. The molecule has 0 spiro atoms. The number of aryl methyl sites for hydroxylation is 1. The number of aliphatic hydroxyl groups excluding tert-OH is 1. The largest absolute Gasteiger partial charge is 1.00 e. The standard InChI is InChI=1S/C18H18N6O5S2.Na/c1-23-18(20-21-22-23)31-8-10-7-30-16-11(15(27)24(16)12(10)17(28)29)19-14(26)13(25)9-5-3-2-4-6-9;/h2-6,11,13,16,25H,7-8H2,1H3,(H,19,26)(H,28,29);/q;+1/p-1/t11-,13-,16-;/m1./s1. The average Bonchev–Trinajstić information content (AvgIpc) is 3.19. The molecule has 2 N–H and O–H groups in total. The number of aliphatic hydroxyl groups is 1. The van der Waals surface area contributed by atoms with Crippen molar-refractivity contribution in [3.8, 4) is 0 Å². The van der Waals surface area contributed by atoms with Crippen molar-refractivity contribution < 1.29 is 54.2 Å². The van der Waals surface area contributed by atoms with E-state index in [0.717, 1.165) is 4.90 Å². The molecule has 1 aromatic heterocycles. The summed E-state index contributed by atoms with van der Waals surface area (Å²) in [6.07, 6.45) is -1.43. The summed E-state index contributed by atoms with van der Waals surface area (Å²) in [5.74, 6) is -2.14. The maximum Gasteiger partial charge on any atom is 1.00 e. The predicted molar refractivity (Wildman–Crippen MR) is 108 cm³/mol. The molecule has 3 heterocycles. The molecule has 11 nitrogen and oxygen atoms in total. The van der Waals surface area contributed by atoms with E-state index in [2.05, 4.69) is 20.8 Å². The van der Waals surface area contributed by atoms with E-state index in [0.29, 0.717) is 22.0 Å². The number of carboxylic acids is 1. The van der Waals surface area contributed by atoms with Crippen LogP contribution in [0.3, 0.4) is 0 Å². The van der Waals surface area contributed by atoms with E-state index in [1.165, 1.54) is 28.2 Å². The normalized spacial score (nSPS) is 20.7. The third kappa shape index (κ3) is 4.72. The Morgan fingerprint density at radius 1 is 1.38 bits per heavy atom. The molecule has 0 radical (unpaired) electrons. The van der Waals surface area contributed by atoms with E-state index in [1.54, 1.807) is 37.4 Å². The SMILES string of the molecule is Cn1nnnc1SCC1=C(C(=O)[O-])N2C(=O)[C@@H](NC(=O)[C@H](O)c3ccccc3)[C@H]2SC1.[Na+]. The summed E-state index contributed by atoms with van der Waals surface area (Å²) in [5.41, 5.74) is 0.718. The number of aliphatic carboxylic acids is 1. The number of hydrogen-bond donors (Lipinski definition) is 2. The first-order valence-electron chi connectivity index (χ1n) is 9.15. The smallest absolute Gasteiger partial charge is 0.543 e. The minimum Gasteiger partial charge on any atom is -0.543 e. The first-order valence-corrected chi connectivity index (χ1v) is 11.2. The summed E-state index contributed by atoms with van der Waals surface area (Å²) >= 11 is 2.58. The Morgan fingerprint density at radius 2 is 2.09 bits per heavy atom.